The van der Waals surface area contributed by atoms with E-state index in [1.807, 2.05) is 25.1 Å². The number of para-hydroxylation sites is 1. The lowest BCUT2D eigenvalue weighted by Gasteiger charge is -2.26. The SMILES string of the molecule is CC#CCNC1c2ccccc2OC1(C)C. The third-order valence-corrected chi connectivity index (χ3v) is 2.87. The Morgan fingerprint density at radius 1 is 1.38 bits per heavy atom. The van der Waals surface area contributed by atoms with Crippen molar-refractivity contribution in [1.82, 2.24) is 5.32 Å². The molecule has 0 fully saturated rings. The molecular formula is C14H17NO. The zero-order chi connectivity index (χ0) is 11.6. The number of nitrogens with one attached hydrogen (secondary N) is 1. The summed E-state index contributed by atoms with van der Waals surface area (Å²) in [5.74, 6) is 6.90. The van der Waals surface area contributed by atoms with Crippen molar-refractivity contribution in [3.63, 3.8) is 0 Å². The van der Waals surface area contributed by atoms with E-state index in [-0.39, 0.29) is 11.6 Å². The molecule has 1 N–H and O–H groups in total. The van der Waals surface area contributed by atoms with Crippen LogP contribution in [0.2, 0.25) is 0 Å². The molecule has 0 radical (unpaired) electrons. The zero-order valence-corrected chi connectivity index (χ0v) is 10.0. The molecule has 0 bridgehead atoms. The van der Waals surface area contributed by atoms with Gasteiger partial charge in [0.05, 0.1) is 12.6 Å². The fourth-order valence-electron chi connectivity index (χ4n) is 2.13. The van der Waals surface area contributed by atoms with Crippen LogP contribution in [-0.4, -0.2) is 12.1 Å². The molecule has 2 heteroatoms. The maximum atomic E-state index is 5.93. The Balaban J connectivity index is 2.23. The van der Waals surface area contributed by atoms with Crippen LogP contribution < -0.4 is 10.1 Å². The molecule has 0 aliphatic carbocycles. The predicted molar refractivity (Wildman–Crippen MR) is 65.3 cm³/mol. The van der Waals surface area contributed by atoms with Gasteiger partial charge in [-0.1, -0.05) is 24.1 Å². The Labute approximate surface area is 97.0 Å². The van der Waals surface area contributed by atoms with Crippen molar-refractivity contribution in [2.45, 2.75) is 32.4 Å². The summed E-state index contributed by atoms with van der Waals surface area (Å²) in [5.41, 5.74) is 1.02. The Bertz CT molecular complexity index is 440. The monoisotopic (exact) mass is 215 g/mol. The number of ether oxygens (including phenoxy) is 1. The Morgan fingerprint density at radius 2 is 2.12 bits per heavy atom. The molecule has 1 aromatic carbocycles. The summed E-state index contributed by atoms with van der Waals surface area (Å²) in [6, 6.07) is 8.39. The molecule has 1 atom stereocenters. The minimum absolute atomic E-state index is 0.209. The number of fused-ring (bicyclic) bond motifs is 1. The highest BCUT2D eigenvalue weighted by Crippen LogP contribution is 2.42. The van der Waals surface area contributed by atoms with Gasteiger partial charge in [0.15, 0.2) is 0 Å². The highest BCUT2D eigenvalue weighted by molar-refractivity contribution is 5.42. The predicted octanol–water partition coefficient (Wildman–Crippen LogP) is 2.51. The molecule has 16 heavy (non-hydrogen) atoms. The van der Waals surface area contributed by atoms with E-state index in [4.69, 9.17) is 4.74 Å². The zero-order valence-electron chi connectivity index (χ0n) is 10.0. The Kier molecular flexibility index (Phi) is 2.89. The van der Waals surface area contributed by atoms with Crippen molar-refractivity contribution >= 4 is 0 Å². The van der Waals surface area contributed by atoms with Crippen molar-refractivity contribution in [2.24, 2.45) is 0 Å². The number of benzene rings is 1. The van der Waals surface area contributed by atoms with Crippen LogP contribution in [0.15, 0.2) is 24.3 Å². The molecule has 2 rings (SSSR count). The maximum absolute atomic E-state index is 5.93. The summed E-state index contributed by atoms with van der Waals surface area (Å²) >= 11 is 0. The van der Waals surface area contributed by atoms with Crippen molar-refractivity contribution in [3.05, 3.63) is 29.8 Å². The largest absolute Gasteiger partial charge is 0.486 e. The third kappa shape index (κ3) is 1.91. The van der Waals surface area contributed by atoms with Crippen molar-refractivity contribution in [1.29, 1.82) is 0 Å². The van der Waals surface area contributed by atoms with E-state index in [0.717, 1.165) is 5.75 Å². The lowest BCUT2D eigenvalue weighted by Crippen LogP contribution is -2.39. The molecule has 1 heterocycles. The average Bonchev–Trinajstić information content (AvgIpc) is 2.50. The van der Waals surface area contributed by atoms with E-state index in [0.29, 0.717) is 6.54 Å². The quantitative estimate of drug-likeness (QED) is 0.765. The van der Waals surface area contributed by atoms with Crippen molar-refractivity contribution in [3.8, 4) is 17.6 Å². The van der Waals surface area contributed by atoms with Crippen LogP contribution in [0.1, 0.15) is 32.4 Å². The molecule has 1 aliphatic heterocycles. The first kappa shape index (κ1) is 11.0. The van der Waals surface area contributed by atoms with Crippen LogP contribution in [0, 0.1) is 11.8 Å². The van der Waals surface area contributed by atoms with Crippen LogP contribution in [0.5, 0.6) is 5.75 Å². The van der Waals surface area contributed by atoms with E-state index in [2.05, 4.69) is 37.1 Å². The van der Waals surface area contributed by atoms with Gasteiger partial charge in [0.25, 0.3) is 0 Å². The molecule has 84 valence electrons. The Hall–Kier alpha value is -1.46. The van der Waals surface area contributed by atoms with E-state index < -0.39 is 0 Å². The van der Waals surface area contributed by atoms with Crippen LogP contribution in [0.3, 0.4) is 0 Å². The fraction of sp³-hybridized carbons (Fsp3) is 0.429. The topological polar surface area (TPSA) is 21.3 Å². The van der Waals surface area contributed by atoms with E-state index in [9.17, 15) is 0 Å². The van der Waals surface area contributed by atoms with Crippen molar-refractivity contribution in [2.75, 3.05) is 6.54 Å². The lowest BCUT2D eigenvalue weighted by molar-refractivity contribution is 0.0983. The molecule has 0 saturated heterocycles. The van der Waals surface area contributed by atoms with Gasteiger partial charge in [-0.25, -0.2) is 0 Å². The normalized spacial score (nSPS) is 20.6. The molecule has 0 saturated carbocycles. The second-order valence-corrected chi connectivity index (χ2v) is 4.48. The maximum Gasteiger partial charge on any atom is 0.125 e. The van der Waals surface area contributed by atoms with E-state index >= 15 is 0 Å². The fourth-order valence-corrected chi connectivity index (χ4v) is 2.13. The van der Waals surface area contributed by atoms with Gasteiger partial charge in [0.1, 0.15) is 11.4 Å². The van der Waals surface area contributed by atoms with Crippen LogP contribution in [0.25, 0.3) is 0 Å². The summed E-state index contributed by atoms with van der Waals surface area (Å²) in [7, 11) is 0. The standard InChI is InChI=1S/C14H17NO/c1-4-5-10-15-13-11-8-6-7-9-12(11)16-14(13,2)3/h6-9,13,15H,10H2,1-3H3. The van der Waals surface area contributed by atoms with Gasteiger partial charge < -0.3 is 4.74 Å². The molecule has 2 nitrogen and oxygen atoms in total. The highest BCUT2D eigenvalue weighted by Gasteiger charge is 2.40. The van der Waals surface area contributed by atoms with Gasteiger partial charge in [-0.2, -0.15) is 0 Å². The first-order valence-electron chi connectivity index (χ1n) is 5.56. The van der Waals surface area contributed by atoms with E-state index in [1.54, 1.807) is 0 Å². The van der Waals surface area contributed by atoms with Crippen LogP contribution in [0.4, 0.5) is 0 Å². The summed E-state index contributed by atoms with van der Waals surface area (Å²) < 4.78 is 5.93. The van der Waals surface area contributed by atoms with Gasteiger partial charge in [-0.15, -0.1) is 5.92 Å². The van der Waals surface area contributed by atoms with Gasteiger partial charge in [-0.05, 0) is 26.8 Å². The minimum atomic E-state index is -0.209. The summed E-state index contributed by atoms with van der Waals surface area (Å²) in [5, 5.41) is 3.43. The van der Waals surface area contributed by atoms with Crippen molar-refractivity contribution < 1.29 is 4.74 Å². The molecular weight excluding hydrogens is 198 g/mol. The molecule has 0 spiro atoms. The van der Waals surface area contributed by atoms with E-state index in [1.165, 1.54) is 5.56 Å². The summed E-state index contributed by atoms with van der Waals surface area (Å²) in [4.78, 5) is 0. The number of hydrogen-bond donors (Lipinski definition) is 1. The van der Waals surface area contributed by atoms with Gasteiger partial charge in [-0.3, -0.25) is 5.32 Å². The van der Waals surface area contributed by atoms with Gasteiger partial charge in [0.2, 0.25) is 0 Å². The summed E-state index contributed by atoms with van der Waals surface area (Å²) in [6.45, 7) is 6.75. The second kappa shape index (κ2) is 4.19. The smallest absolute Gasteiger partial charge is 0.125 e. The van der Waals surface area contributed by atoms with Gasteiger partial charge >= 0.3 is 0 Å². The number of hydrogen-bond acceptors (Lipinski definition) is 2. The lowest BCUT2D eigenvalue weighted by atomic mass is 9.94. The molecule has 1 aliphatic rings. The molecule has 0 amide bonds. The summed E-state index contributed by atoms with van der Waals surface area (Å²) in [6.07, 6.45) is 0. The second-order valence-electron chi connectivity index (χ2n) is 4.48. The highest BCUT2D eigenvalue weighted by atomic mass is 16.5. The van der Waals surface area contributed by atoms with Gasteiger partial charge in [0, 0.05) is 5.56 Å². The Morgan fingerprint density at radius 3 is 2.88 bits per heavy atom. The number of rotatable bonds is 2. The molecule has 1 unspecified atom stereocenters. The minimum Gasteiger partial charge on any atom is -0.486 e. The first-order valence-corrected chi connectivity index (χ1v) is 5.56. The van der Waals surface area contributed by atoms with Crippen LogP contribution in [-0.2, 0) is 0 Å². The van der Waals surface area contributed by atoms with Crippen LogP contribution >= 0.6 is 0 Å². The third-order valence-electron chi connectivity index (χ3n) is 2.87. The first-order chi connectivity index (χ1) is 7.65. The average molecular weight is 215 g/mol. The molecule has 1 aromatic rings. The molecule has 0 aromatic heterocycles.